The molecule has 1 aliphatic carbocycles. The number of carbonyl (C=O) groups is 1. The Morgan fingerprint density at radius 3 is 2.59 bits per heavy atom. The van der Waals surface area contributed by atoms with Crippen LogP contribution in [-0.4, -0.2) is 61.0 Å². The molecule has 4 heteroatoms. The van der Waals surface area contributed by atoms with Crippen LogP contribution in [0.2, 0.25) is 0 Å². The van der Waals surface area contributed by atoms with Crippen molar-refractivity contribution in [2.45, 2.75) is 31.7 Å². The summed E-state index contributed by atoms with van der Waals surface area (Å²) in [5.74, 6) is 1.01. The molecule has 2 aliphatic heterocycles. The molecule has 0 aromatic carbocycles. The summed E-state index contributed by atoms with van der Waals surface area (Å²) in [6.07, 6.45) is 4.79. The fourth-order valence-electron chi connectivity index (χ4n) is 3.09. The highest BCUT2D eigenvalue weighted by Gasteiger charge is 2.35. The highest BCUT2D eigenvalue weighted by atomic mass is 16.2. The molecule has 0 spiro atoms. The van der Waals surface area contributed by atoms with E-state index >= 15 is 0 Å². The predicted octanol–water partition coefficient (Wildman–Crippen LogP) is 0.293. The van der Waals surface area contributed by atoms with Crippen molar-refractivity contribution in [3.8, 4) is 0 Å². The Hall–Kier alpha value is -0.610. The van der Waals surface area contributed by atoms with Crippen LogP contribution in [0.15, 0.2) is 0 Å². The summed E-state index contributed by atoms with van der Waals surface area (Å²) < 4.78 is 0. The van der Waals surface area contributed by atoms with E-state index in [0.717, 1.165) is 38.6 Å². The Morgan fingerprint density at radius 2 is 1.88 bits per heavy atom. The van der Waals surface area contributed by atoms with Crippen LogP contribution in [-0.2, 0) is 4.79 Å². The molecule has 3 aliphatic rings. The summed E-state index contributed by atoms with van der Waals surface area (Å²) in [5.41, 5.74) is 0. The third-order valence-corrected chi connectivity index (χ3v) is 4.31. The van der Waals surface area contributed by atoms with E-state index in [9.17, 15) is 4.79 Å². The van der Waals surface area contributed by atoms with Gasteiger partial charge in [0.2, 0.25) is 5.91 Å². The normalized spacial score (nSPS) is 30.8. The van der Waals surface area contributed by atoms with Crippen molar-refractivity contribution in [1.82, 2.24) is 15.1 Å². The molecule has 96 valence electrons. The molecule has 2 heterocycles. The Kier molecular flexibility index (Phi) is 3.34. The van der Waals surface area contributed by atoms with Gasteiger partial charge in [0.05, 0.1) is 0 Å². The molecule has 1 saturated carbocycles. The van der Waals surface area contributed by atoms with E-state index in [1.807, 2.05) is 4.90 Å². The van der Waals surface area contributed by atoms with Gasteiger partial charge in [0, 0.05) is 45.2 Å². The van der Waals surface area contributed by atoms with Gasteiger partial charge in [-0.05, 0) is 31.7 Å². The molecule has 4 nitrogen and oxygen atoms in total. The van der Waals surface area contributed by atoms with Crippen molar-refractivity contribution in [2.75, 3.05) is 39.3 Å². The second-order valence-electron chi connectivity index (χ2n) is 5.72. The van der Waals surface area contributed by atoms with E-state index < -0.39 is 0 Å². The Labute approximate surface area is 103 Å². The minimum Gasteiger partial charge on any atom is -0.340 e. The largest absolute Gasteiger partial charge is 0.340 e. The lowest BCUT2D eigenvalue weighted by Gasteiger charge is -2.28. The molecule has 2 saturated heterocycles. The molecule has 1 atom stereocenters. The first-order chi connectivity index (χ1) is 8.33. The zero-order chi connectivity index (χ0) is 11.7. The van der Waals surface area contributed by atoms with Crippen LogP contribution in [0.25, 0.3) is 0 Å². The van der Waals surface area contributed by atoms with Crippen LogP contribution < -0.4 is 5.32 Å². The maximum absolute atomic E-state index is 12.1. The van der Waals surface area contributed by atoms with Crippen LogP contribution in [0.5, 0.6) is 0 Å². The number of amides is 1. The highest BCUT2D eigenvalue weighted by Crippen LogP contribution is 2.32. The van der Waals surface area contributed by atoms with Crippen molar-refractivity contribution in [1.29, 1.82) is 0 Å². The lowest BCUT2D eigenvalue weighted by atomic mass is 10.0. The van der Waals surface area contributed by atoms with Crippen LogP contribution >= 0.6 is 0 Å². The van der Waals surface area contributed by atoms with Crippen molar-refractivity contribution < 1.29 is 4.79 Å². The third-order valence-electron chi connectivity index (χ3n) is 4.31. The van der Waals surface area contributed by atoms with Gasteiger partial charge in [-0.3, -0.25) is 4.79 Å². The quantitative estimate of drug-likeness (QED) is 0.766. The zero-order valence-electron chi connectivity index (χ0n) is 10.5. The van der Waals surface area contributed by atoms with Gasteiger partial charge in [-0.1, -0.05) is 0 Å². The monoisotopic (exact) mass is 237 g/mol. The van der Waals surface area contributed by atoms with Crippen LogP contribution in [0, 0.1) is 5.92 Å². The number of likely N-dealkylation sites (tertiary alicyclic amines) is 1. The predicted molar refractivity (Wildman–Crippen MR) is 66.8 cm³/mol. The first kappa shape index (κ1) is 11.5. The molecular weight excluding hydrogens is 214 g/mol. The van der Waals surface area contributed by atoms with Crippen molar-refractivity contribution in [2.24, 2.45) is 5.92 Å². The fraction of sp³-hybridized carbons (Fsp3) is 0.923. The lowest BCUT2D eigenvalue weighted by molar-refractivity contribution is -0.132. The summed E-state index contributed by atoms with van der Waals surface area (Å²) in [5, 5.41) is 3.29. The molecule has 0 aromatic heterocycles. The average molecular weight is 237 g/mol. The summed E-state index contributed by atoms with van der Waals surface area (Å²) in [7, 11) is 0. The number of carbonyl (C=O) groups excluding carboxylic acids is 1. The fourth-order valence-corrected chi connectivity index (χ4v) is 3.09. The van der Waals surface area contributed by atoms with E-state index in [1.165, 1.54) is 32.4 Å². The smallest absolute Gasteiger partial charge is 0.222 e. The van der Waals surface area contributed by atoms with Gasteiger partial charge in [0.25, 0.3) is 0 Å². The summed E-state index contributed by atoms with van der Waals surface area (Å²) in [6, 6.07) is 0.870. The SMILES string of the molecule is O=C(CC1CCN(C2CC2)C1)N1CCNCC1. The molecule has 1 amide bonds. The number of nitrogens with one attached hydrogen (secondary N) is 1. The number of hydrogen-bond donors (Lipinski definition) is 1. The number of piperazine rings is 1. The molecule has 1 unspecified atom stereocenters. The maximum atomic E-state index is 12.1. The topological polar surface area (TPSA) is 35.6 Å². The standard InChI is InChI=1S/C13H23N3O/c17-13(15-7-4-14-5-8-15)9-11-3-6-16(10-11)12-1-2-12/h11-12,14H,1-10H2. The van der Waals surface area contributed by atoms with Gasteiger partial charge in [0.1, 0.15) is 0 Å². The molecular formula is C13H23N3O. The Bertz CT molecular complexity index is 284. The summed E-state index contributed by atoms with van der Waals surface area (Å²) in [4.78, 5) is 16.8. The first-order valence-corrected chi connectivity index (χ1v) is 7.05. The second kappa shape index (κ2) is 4.94. The molecule has 0 aromatic rings. The van der Waals surface area contributed by atoms with E-state index in [1.54, 1.807) is 0 Å². The van der Waals surface area contributed by atoms with E-state index in [0.29, 0.717) is 11.8 Å². The Morgan fingerprint density at radius 1 is 1.12 bits per heavy atom. The van der Waals surface area contributed by atoms with Crippen LogP contribution in [0.3, 0.4) is 0 Å². The molecule has 0 radical (unpaired) electrons. The van der Waals surface area contributed by atoms with Gasteiger partial charge >= 0.3 is 0 Å². The maximum Gasteiger partial charge on any atom is 0.222 e. The molecule has 17 heavy (non-hydrogen) atoms. The first-order valence-electron chi connectivity index (χ1n) is 7.05. The van der Waals surface area contributed by atoms with Crippen LogP contribution in [0.1, 0.15) is 25.7 Å². The number of nitrogens with zero attached hydrogens (tertiary/aromatic N) is 2. The summed E-state index contributed by atoms with van der Waals surface area (Å²) >= 11 is 0. The summed E-state index contributed by atoms with van der Waals surface area (Å²) in [6.45, 7) is 6.12. The number of rotatable bonds is 3. The highest BCUT2D eigenvalue weighted by molar-refractivity contribution is 5.76. The molecule has 0 bridgehead atoms. The van der Waals surface area contributed by atoms with Crippen molar-refractivity contribution >= 4 is 5.91 Å². The van der Waals surface area contributed by atoms with Gasteiger partial charge < -0.3 is 15.1 Å². The zero-order valence-corrected chi connectivity index (χ0v) is 10.5. The van der Waals surface area contributed by atoms with E-state index in [-0.39, 0.29) is 0 Å². The minimum atomic E-state index is 0.383. The second-order valence-corrected chi connectivity index (χ2v) is 5.72. The van der Waals surface area contributed by atoms with Crippen LogP contribution in [0.4, 0.5) is 0 Å². The van der Waals surface area contributed by atoms with Gasteiger partial charge in [-0.25, -0.2) is 0 Å². The third kappa shape index (κ3) is 2.80. The van der Waals surface area contributed by atoms with E-state index in [4.69, 9.17) is 0 Å². The molecule has 1 N–H and O–H groups in total. The van der Waals surface area contributed by atoms with Crippen molar-refractivity contribution in [3.63, 3.8) is 0 Å². The van der Waals surface area contributed by atoms with Crippen molar-refractivity contribution in [3.05, 3.63) is 0 Å². The Balaban J connectivity index is 1.44. The molecule has 3 fully saturated rings. The minimum absolute atomic E-state index is 0.383. The average Bonchev–Trinajstić information content (AvgIpc) is 3.12. The molecule has 3 rings (SSSR count). The van der Waals surface area contributed by atoms with Gasteiger partial charge in [-0.2, -0.15) is 0 Å². The van der Waals surface area contributed by atoms with Gasteiger partial charge in [-0.15, -0.1) is 0 Å². The van der Waals surface area contributed by atoms with Gasteiger partial charge in [0.15, 0.2) is 0 Å². The van der Waals surface area contributed by atoms with E-state index in [2.05, 4.69) is 10.2 Å². The number of hydrogen-bond acceptors (Lipinski definition) is 3. The lowest BCUT2D eigenvalue weighted by Crippen LogP contribution is -2.46.